The molecule has 0 spiro atoms. The fourth-order valence-electron chi connectivity index (χ4n) is 2.52. The Hall–Kier alpha value is -2.16. The van der Waals surface area contributed by atoms with E-state index in [1.807, 2.05) is 0 Å². The van der Waals surface area contributed by atoms with E-state index >= 15 is 0 Å². The van der Waals surface area contributed by atoms with Gasteiger partial charge in [0, 0.05) is 25.2 Å². The number of hydrogen-bond acceptors (Lipinski definition) is 5. The van der Waals surface area contributed by atoms with Crippen LogP contribution in [0.5, 0.6) is 5.75 Å². The molecule has 7 nitrogen and oxygen atoms in total. The number of ether oxygens (including phenoxy) is 2. The lowest BCUT2D eigenvalue weighted by molar-refractivity contribution is -0.0499. The highest BCUT2D eigenvalue weighted by molar-refractivity contribution is 6.32. The van der Waals surface area contributed by atoms with Crippen LogP contribution in [0.3, 0.4) is 0 Å². The number of pyridine rings is 1. The molecule has 1 aromatic heterocycles. The quantitative estimate of drug-likeness (QED) is 0.829. The van der Waals surface area contributed by atoms with Crippen LogP contribution in [0.4, 0.5) is 13.6 Å². The summed E-state index contributed by atoms with van der Waals surface area (Å²) in [5.41, 5.74) is -0.648. The molecule has 150 valence electrons. The average molecular weight is 406 g/mol. The molecule has 0 radical (unpaired) electrons. The summed E-state index contributed by atoms with van der Waals surface area (Å²) in [6, 6.07) is 0.896. The third kappa shape index (κ3) is 6.50. The molecule has 27 heavy (non-hydrogen) atoms. The Morgan fingerprint density at radius 3 is 2.52 bits per heavy atom. The molecule has 2 rings (SSSR count). The van der Waals surface area contributed by atoms with Crippen molar-refractivity contribution in [2.75, 3.05) is 13.1 Å². The number of amides is 2. The Labute approximate surface area is 161 Å². The number of carbonyl (C=O) groups excluding carboxylic acids is 2. The summed E-state index contributed by atoms with van der Waals surface area (Å²) in [7, 11) is 0. The van der Waals surface area contributed by atoms with Crippen molar-refractivity contribution in [1.29, 1.82) is 0 Å². The number of aromatic nitrogens is 1. The number of halogens is 3. The van der Waals surface area contributed by atoms with E-state index in [1.54, 1.807) is 25.7 Å². The minimum absolute atomic E-state index is 0.0791. The van der Waals surface area contributed by atoms with Crippen LogP contribution in [0, 0.1) is 0 Å². The van der Waals surface area contributed by atoms with Crippen LogP contribution in [-0.2, 0) is 4.74 Å². The van der Waals surface area contributed by atoms with Gasteiger partial charge in [-0.05, 0) is 33.6 Å². The van der Waals surface area contributed by atoms with Gasteiger partial charge in [0.25, 0.3) is 5.91 Å². The van der Waals surface area contributed by atoms with Crippen molar-refractivity contribution in [2.24, 2.45) is 0 Å². The second-order valence-corrected chi connectivity index (χ2v) is 7.50. The van der Waals surface area contributed by atoms with Gasteiger partial charge in [-0.2, -0.15) is 8.78 Å². The summed E-state index contributed by atoms with van der Waals surface area (Å²) in [4.78, 5) is 29.8. The third-order valence-corrected chi connectivity index (χ3v) is 4.03. The maximum atomic E-state index is 12.4. The van der Waals surface area contributed by atoms with Crippen LogP contribution in [0.2, 0.25) is 5.02 Å². The predicted molar refractivity (Wildman–Crippen MR) is 94.2 cm³/mol. The van der Waals surface area contributed by atoms with Gasteiger partial charge in [-0.3, -0.25) is 4.79 Å². The first-order valence-corrected chi connectivity index (χ1v) is 8.82. The molecular formula is C17H22ClF2N3O4. The van der Waals surface area contributed by atoms with Crippen LogP contribution in [-0.4, -0.2) is 53.2 Å². The van der Waals surface area contributed by atoms with Crippen LogP contribution in [0.25, 0.3) is 0 Å². The number of nitrogens with one attached hydrogen (secondary N) is 1. The Balaban J connectivity index is 1.90. The first-order chi connectivity index (χ1) is 12.5. The number of hydrogen-bond donors (Lipinski definition) is 1. The minimum Gasteiger partial charge on any atom is -0.444 e. The molecule has 1 aliphatic rings. The molecule has 2 amide bonds. The minimum atomic E-state index is -3.06. The number of rotatable bonds is 4. The summed E-state index contributed by atoms with van der Waals surface area (Å²) in [5, 5.41) is 2.66. The van der Waals surface area contributed by atoms with Crippen molar-refractivity contribution in [2.45, 2.75) is 51.9 Å². The maximum absolute atomic E-state index is 12.4. The zero-order chi connectivity index (χ0) is 20.2. The molecule has 0 aromatic carbocycles. The largest absolute Gasteiger partial charge is 0.444 e. The zero-order valence-corrected chi connectivity index (χ0v) is 16.1. The van der Waals surface area contributed by atoms with Crippen molar-refractivity contribution in [3.63, 3.8) is 0 Å². The second-order valence-electron chi connectivity index (χ2n) is 7.09. The number of nitrogens with zero attached hydrogens (tertiary/aromatic N) is 2. The van der Waals surface area contributed by atoms with Gasteiger partial charge in [-0.15, -0.1) is 0 Å². The van der Waals surface area contributed by atoms with E-state index in [0.717, 1.165) is 12.3 Å². The Kier molecular flexibility index (Phi) is 6.80. The summed E-state index contributed by atoms with van der Waals surface area (Å²) in [5.74, 6) is -0.840. The van der Waals surface area contributed by atoms with Crippen LogP contribution in [0.1, 0.15) is 44.1 Å². The van der Waals surface area contributed by atoms with E-state index in [1.165, 1.54) is 0 Å². The first-order valence-electron chi connectivity index (χ1n) is 8.44. The van der Waals surface area contributed by atoms with E-state index < -0.39 is 18.1 Å². The van der Waals surface area contributed by atoms with Crippen molar-refractivity contribution in [3.05, 3.63) is 23.0 Å². The van der Waals surface area contributed by atoms with Crippen LogP contribution in [0.15, 0.2) is 12.3 Å². The molecule has 0 saturated carbocycles. The number of piperidine rings is 1. The van der Waals surface area contributed by atoms with Crippen molar-refractivity contribution in [3.8, 4) is 5.75 Å². The SMILES string of the molecule is CC(C)(C)OC(=O)N1CCC(NC(=O)c2cc(OC(F)F)c(Cl)cn2)CC1. The lowest BCUT2D eigenvalue weighted by Gasteiger charge is -2.33. The predicted octanol–water partition coefficient (Wildman–Crippen LogP) is 3.47. The summed E-state index contributed by atoms with van der Waals surface area (Å²) >= 11 is 5.73. The van der Waals surface area contributed by atoms with Crippen LogP contribution >= 0.6 is 11.6 Å². The van der Waals surface area contributed by atoms with Gasteiger partial charge in [0.05, 0.1) is 6.20 Å². The molecule has 0 atom stereocenters. The van der Waals surface area contributed by atoms with Gasteiger partial charge in [-0.1, -0.05) is 11.6 Å². The van der Waals surface area contributed by atoms with E-state index in [9.17, 15) is 18.4 Å². The summed E-state index contributed by atoms with van der Waals surface area (Å²) in [6.45, 7) is 3.20. The van der Waals surface area contributed by atoms with Gasteiger partial charge in [0.1, 0.15) is 22.1 Å². The van der Waals surface area contributed by atoms with Crippen molar-refractivity contribution >= 4 is 23.6 Å². The van der Waals surface area contributed by atoms with Crippen molar-refractivity contribution < 1.29 is 27.8 Å². The monoisotopic (exact) mass is 405 g/mol. The molecule has 10 heteroatoms. The number of likely N-dealkylation sites (tertiary alicyclic amines) is 1. The highest BCUT2D eigenvalue weighted by Gasteiger charge is 2.28. The van der Waals surface area contributed by atoms with Crippen LogP contribution < -0.4 is 10.1 Å². The molecule has 1 aromatic rings. The fraction of sp³-hybridized carbons (Fsp3) is 0.588. The maximum Gasteiger partial charge on any atom is 0.410 e. The lowest BCUT2D eigenvalue weighted by Crippen LogP contribution is -2.47. The highest BCUT2D eigenvalue weighted by atomic mass is 35.5. The molecule has 0 bridgehead atoms. The highest BCUT2D eigenvalue weighted by Crippen LogP contribution is 2.25. The topological polar surface area (TPSA) is 80.8 Å². The zero-order valence-electron chi connectivity index (χ0n) is 15.3. The number of alkyl halides is 2. The van der Waals surface area contributed by atoms with Gasteiger partial charge < -0.3 is 19.7 Å². The van der Waals surface area contributed by atoms with Gasteiger partial charge in [0.2, 0.25) is 0 Å². The molecule has 1 fully saturated rings. The van der Waals surface area contributed by atoms with Gasteiger partial charge in [-0.25, -0.2) is 9.78 Å². The van der Waals surface area contributed by atoms with E-state index in [4.69, 9.17) is 16.3 Å². The lowest BCUT2D eigenvalue weighted by atomic mass is 10.1. The Morgan fingerprint density at radius 1 is 1.33 bits per heavy atom. The third-order valence-electron chi connectivity index (χ3n) is 3.75. The van der Waals surface area contributed by atoms with E-state index in [0.29, 0.717) is 25.9 Å². The Bertz CT molecular complexity index is 689. The first kappa shape index (κ1) is 21.1. The second kappa shape index (κ2) is 8.69. The normalized spacial score (nSPS) is 15.6. The standard InChI is InChI=1S/C17H22ClF2N3O4/c1-17(2,3)27-16(25)23-6-4-10(5-7-23)22-14(24)12-8-13(26-15(19)20)11(18)9-21-12/h8-10,15H,4-7H2,1-3H3,(H,22,24). The fourth-order valence-corrected chi connectivity index (χ4v) is 2.67. The van der Waals surface area contributed by atoms with Crippen molar-refractivity contribution in [1.82, 2.24) is 15.2 Å². The molecule has 1 N–H and O–H groups in total. The number of carbonyl (C=O) groups is 2. The molecule has 1 aliphatic heterocycles. The smallest absolute Gasteiger partial charge is 0.410 e. The van der Waals surface area contributed by atoms with Gasteiger partial charge in [0.15, 0.2) is 0 Å². The molecule has 2 heterocycles. The summed E-state index contributed by atoms with van der Waals surface area (Å²) in [6.07, 6.45) is 1.78. The molecule has 0 aliphatic carbocycles. The molecule has 0 unspecified atom stereocenters. The molecular weight excluding hydrogens is 384 g/mol. The average Bonchev–Trinajstić information content (AvgIpc) is 2.55. The van der Waals surface area contributed by atoms with Gasteiger partial charge >= 0.3 is 12.7 Å². The summed E-state index contributed by atoms with van der Waals surface area (Å²) < 4.78 is 34.3. The van der Waals surface area contributed by atoms with E-state index in [2.05, 4.69) is 15.0 Å². The Morgan fingerprint density at radius 2 is 1.96 bits per heavy atom. The molecule has 1 saturated heterocycles. The van der Waals surface area contributed by atoms with E-state index in [-0.39, 0.29) is 28.6 Å².